The van der Waals surface area contributed by atoms with Crippen molar-refractivity contribution in [3.63, 3.8) is 0 Å². The van der Waals surface area contributed by atoms with Crippen molar-refractivity contribution in [1.29, 1.82) is 0 Å². The number of carbonyl (C=O) groups excluding carboxylic acids is 1. The third-order valence-electron chi connectivity index (χ3n) is 2.81. The normalized spacial score (nSPS) is 10.8. The van der Waals surface area contributed by atoms with Crippen LogP contribution in [0.3, 0.4) is 0 Å². The molecule has 2 heterocycles. The van der Waals surface area contributed by atoms with Crippen LogP contribution in [0.4, 0.5) is 5.82 Å². The Bertz CT molecular complexity index is 571. The largest absolute Gasteiger partial charge is 0.395 e. The lowest BCUT2D eigenvalue weighted by molar-refractivity contribution is -0.117. The molecule has 21 heavy (non-hydrogen) atoms. The minimum Gasteiger partial charge on any atom is -0.395 e. The third-order valence-corrected chi connectivity index (χ3v) is 2.81. The van der Waals surface area contributed by atoms with Crippen LogP contribution in [-0.4, -0.2) is 45.8 Å². The van der Waals surface area contributed by atoms with Crippen LogP contribution in [0.1, 0.15) is 11.3 Å². The second-order valence-corrected chi connectivity index (χ2v) is 4.67. The van der Waals surface area contributed by atoms with E-state index in [1.807, 2.05) is 17.0 Å². The van der Waals surface area contributed by atoms with E-state index < -0.39 is 0 Å². The first-order chi connectivity index (χ1) is 10.2. The highest BCUT2D eigenvalue weighted by Gasteiger charge is 2.12. The molecule has 0 aliphatic rings. The summed E-state index contributed by atoms with van der Waals surface area (Å²) in [6.45, 7) is 2.83. The monoisotopic (exact) mass is 290 g/mol. The van der Waals surface area contributed by atoms with Crippen LogP contribution in [0.2, 0.25) is 0 Å². The number of carbonyl (C=O) groups is 1. The average molecular weight is 290 g/mol. The molecule has 2 aromatic rings. The molecule has 0 bridgehead atoms. The zero-order valence-corrected chi connectivity index (χ0v) is 11.8. The number of aryl methyl sites for hydroxylation is 1. The van der Waals surface area contributed by atoms with Crippen molar-refractivity contribution in [3.05, 3.63) is 41.9 Å². The number of amides is 1. The van der Waals surface area contributed by atoms with Crippen LogP contribution in [0, 0.1) is 6.92 Å². The van der Waals surface area contributed by atoms with E-state index in [2.05, 4.69) is 15.5 Å². The van der Waals surface area contributed by atoms with Crippen molar-refractivity contribution in [1.82, 2.24) is 15.0 Å². The number of nitrogens with zero attached hydrogens (tertiary/aromatic N) is 3. The van der Waals surface area contributed by atoms with E-state index in [1.54, 1.807) is 25.4 Å². The van der Waals surface area contributed by atoms with Gasteiger partial charge in [0.25, 0.3) is 0 Å². The van der Waals surface area contributed by atoms with Gasteiger partial charge in [0.05, 0.1) is 13.2 Å². The van der Waals surface area contributed by atoms with Gasteiger partial charge in [-0.05, 0) is 18.6 Å². The Morgan fingerprint density at radius 3 is 3.00 bits per heavy atom. The summed E-state index contributed by atoms with van der Waals surface area (Å²) in [5.74, 6) is 0.816. The van der Waals surface area contributed by atoms with Gasteiger partial charge in [0, 0.05) is 31.5 Å². The fourth-order valence-electron chi connectivity index (χ4n) is 1.92. The Morgan fingerprint density at radius 2 is 2.38 bits per heavy atom. The Balaban J connectivity index is 1.91. The van der Waals surface area contributed by atoms with Gasteiger partial charge in [-0.2, -0.15) is 0 Å². The average Bonchev–Trinajstić information content (AvgIpc) is 2.85. The highest BCUT2D eigenvalue weighted by Crippen LogP contribution is 2.08. The lowest BCUT2D eigenvalue weighted by Gasteiger charge is -2.20. The first kappa shape index (κ1) is 15.1. The van der Waals surface area contributed by atoms with Gasteiger partial charge < -0.3 is 14.9 Å². The summed E-state index contributed by atoms with van der Waals surface area (Å²) in [5, 5.41) is 15.5. The van der Waals surface area contributed by atoms with Crippen molar-refractivity contribution in [2.24, 2.45) is 0 Å². The summed E-state index contributed by atoms with van der Waals surface area (Å²) < 4.78 is 4.89. The second-order valence-electron chi connectivity index (χ2n) is 4.67. The molecule has 0 atom stereocenters. The molecule has 0 unspecified atom stereocenters. The molecule has 0 saturated heterocycles. The number of aliphatic hydroxyl groups excluding tert-OH is 1. The summed E-state index contributed by atoms with van der Waals surface area (Å²) in [6, 6.07) is 5.41. The van der Waals surface area contributed by atoms with E-state index in [0.29, 0.717) is 24.7 Å². The topological polar surface area (TPSA) is 91.5 Å². The highest BCUT2D eigenvalue weighted by molar-refractivity contribution is 5.91. The van der Waals surface area contributed by atoms with Gasteiger partial charge in [0.1, 0.15) is 5.76 Å². The van der Waals surface area contributed by atoms with Crippen LogP contribution in [0.5, 0.6) is 0 Å². The number of hydrogen-bond donors (Lipinski definition) is 2. The van der Waals surface area contributed by atoms with Crippen molar-refractivity contribution in [3.8, 4) is 0 Å². The van der Waals surface area contributed by atoms with Gasteiger partial charge in [-0.25, -0.2) is 0 Å². The van der Waals surface area contributed by atoms with Crippen LogP contribution in [0.25, 0.3) is 0 Å². The number of anilines is 1. The van der Waals surface area contributed by atoms with E-state index in [1.165, 1.54) is 0 Å². The molecule has 7 nitrogen and oxygen atoms in total. The number of aliphatic hydroxyl groups is 1. The molecule has 2 aromatic heterocycles. The van der Waals surface area contributed by atoms with Crippen LogP contribution < -0.4 is 5.32 Å². The molecule has 112 valence electrons. The Kier molecular flexibility index (Phi) is 5.42. The predicted molar refractivity (Wildman–Crippen MR) is 76.5 cm³/mol. The summed E-state index contributed by atoms with van der Waals surface area (Å²) in [7, 11) is 0. The predicted octanol–water partition coefficient (Wildman–Crippen LogP) is 0.811. The zero-order chi connectivity index (χ0) is 15.1. The quantitative estimate of drug-likeness (QED) is 0.784. The molecular formula is C14H18N4O3. The molecule has 0 aromatic carbocycles. The summed E-state index contributed by atoms with van der Waals surface area (Å²) >= 11 is 0. The SMILES string of the molecule is Cc1cc(NC(=O)CN(CCO)Cc2cccnc2)no1. The number of pyridine rings is 1. The molecule has 0 spiro atoms. The molecule has 1 amide bonds. The van der Waals surface area contributed by atoms with Crippen LogP contribution in [-0.2, 0) is 11.3 Å². The van der Waals surface area contributed by atoms with E-state index in [4.69, 9.17) is 9.63 Å². The number of nitrogens with one attached hydrogen (secondary N) is 1. The number of hydrogen-bond acceptors (Lipinski definition) is 6. The molecule has 0 radical (unpaired) electrons. The maximum atomic E-state index is 12.0. The second kappa shape index (κ2) is 7.51. The van der Waals surface area contributed by atoms with Gasteiger partial charge in [0.2, 0.25) is 5.91 Å². The molecular weight excluding hydrogens is 272 g/mol. The third kappa shape index (κ3) is 4.97. The Labute approximate surface area is 122 Å². The lowest BCUT2D eigenvalue weighted by atomic mass is 10.2. The maximum Gasteiger partial charge on any atom is 0.239 e. The number of aromatic nitrogens is 2. The van der Waals surface area contributed by atoms with Crippen molar-refractivity contribution in [2.45, 2.75) is 13.5 Å². The summed E-state index contributed by atoms with van der Waals surface area (Å²) in [6.07, 6.45) is 3.43. The van der Waals surface area contributed by atoms with Crippen molar-refractivity contribution < 1.29 is 14.4 Å². The highest BCUT2D eigenvalue weighted by atomic mass is 16.5. The van der Waals surface area contributed by atoms with Gasteiger partial charge >= 0.3 is 0 Å². The van der Waals surface area contributed by atoms with Gasteiger partial charge in [-0.3, -0.25) is 14.7 Å². The summed E-state index contributed by atoms with van der Waals surface area (Å²) in [4.78, 5) is 17.8. The zero-order valence-electron chi connectivity index (χ0n) is 11.8. The minimum atomic E-state index is -0.208. The Morgan fingerprint density at radius 1 is 1.52 bits per heavy atom. The molecule has 7 heteroatoms. The van der Waals surface area contributed by atoms with Gasteiger partial charge in [-0.15, -0.1) is 0 Å². The molecule has 0 fully saturated rings. The fraction of sp³-hybridized carbons (Fsp3) is 0.357. The molecule has 0 saturated carbocycles. The van der Waals surface area contributed by atoms with Gasteiger partial charge in [-0.1, -0.05) is 11.2 Å². The minimum absolute atomic E-state index is 0.0173. The number of rotatable bonds is 7. The van der Waals surface area contributed by atoms with Crippen LogP contribution >= 0.6 is 0 Å². The summed E-state index contributed by atoms with van der Waals surface area (Å²) in [5.41, 5.74) is 0.982. The van der Waals surface area contributed by atoms with E-state index >= 15 is 0 Å². The van der Waals surface area contributed by atoms with Crippen LogP contribution in [0.15, 0.2) is 35.1 Å². The van der Waals surface area contributed by atoms with E-state index in [0.717, 1.165) is 5.56 Å². The van der Waals surface area contributed by atoms with Gasteiger partial charge in [0.15, 0.2) is 5.82 Å². The van der Waals surface area contributed by atoms with E-state index in [-0.39, 0.29) is 19.1 Å². The fourth-order valence-corrected chi connectivity index (χ4v) is 1.92. The Hall–Kier alpha value is -2.25. The van der Waals surface area contributed by atoms with E-state index in [9.17, 15) is 4.79 Å². The standard InChI is InChI=1S/C14H18N4O3/c1-11-7-13(17-21-11)16-14(20)10-18(5-6-19)9-12-3-2-4-15-8-12/h2-4,7-8,19H,5-6,9-10H2,1H3,(H,16,17,20). The molecule has 2 rings (SSSR count). The first-order valence-corrected chi connectivity index (χ1v) is 6.62. The van der Waals surface area contributed by atoms with Crippen molar-refractivity contribution >= 4 is 11.7 Å². The molecule has 0 aliphatic heterocycles. The smallest absolute Gasteiger partial charge is 0.239 e. The molecule has 0 aliphatic carbocycles. The maximum absolute atomic E-state index is 12.0. The molecule has 2 N–H and O–H groups in total. The van der Waals surface area contributed by atoms with Crippen molar-refractivity contribution in [2.75, 3.05) is 25.0 Å². The lowest BCUT2D eigenvalue weighted by Crippen LogP contribution is -2.34. The first-order valence-electron chi connectivity index (χ1n) is 6.62.